The molecule has 2 aliphatic heterocycles. The van der Waals surface area contributed by atoms with E-state index in [9.17, 15) is 28.3 Å². The summed E-state index contributed by atoms with van der Waals surface area (Å²) in [6.45, 7) is 3.98. The van der Waals surface area contributed by atoms with E-state index in [1.807, 2.05) is 49.4 Å². The standard InChI is InChI=1S/C30H28F2N2O5/c1-17-13-20(22-6-4-3-5-19(22)9-11-33-18(2)35)7-8-21(17)25-16-34(29(37)38)12-10-30(25)24-15-27(32)26(31)14-23(24)28(36)39-30/h3-8,13-15,25H,9-12,16H2,1-2H3,(H,33,35)(H,37,38)/t25-,30+/m1/s1. The number of carbonyl (C=O) groups excluding carboxylic acids is 2. The predicted molar refractivity (Wildman–Crippen MR) is 139 cm³/mol. The van der Waals surface area contributed by atoms with Crippen molar-refractivity contribution in [3.63, 3.8) is 0 Å². The van der Waals surface area contributed by atoms with Crippen molar-refractivity contribution in [2.45, 2.75) is 38.2 Å². The molecule has 5 rings (SSSR count). The number of hydrogen-bond donors (Lipinski definition) is 2. The van der Waals surface area contributed by atoms with E-state index in [0.717, 1.165) is 39.9 Å². The number of rotatable bonds is 5. The molecule has 9 heteroatoms. The van der Waals surface area contributed by atoms with Crippen LogP contribution < -0.4 is 5.32 Å². The number of piperidine rings is 1. The second-order valence-corrected chi connectivity index (χ2v) is 10.1. The lowest BCUT2D eigenvalue weighted by molar-refractivity contribution is -0.118. The minimum absolute atomic E-state index is 0.0224. The third kappa shape index (κ3) is 4.73. The van der Waals surface area contributed by atoms with Crippen LogP contribution in [0.3, 0.4) is 0 Å². The van der Waals surface area contributed by atoms with E-state index in [2.05, 4.69) is 5.32 Å². The number of nitrogens with zero attached hydrogens (tertiary/aromatic N) is 1. The number of halogens is 2. The number of amides is 2. The number of ether oxygens (including phenoxy) is 1. The minimum atomic E-state index is -1.32. The average molecular weight is 535 g/mol. The molecule has 1 saturated heterocycles. The molecule has 2 atom stereocenters. The number of nitrogens with one attached hydrogen (secondary N) is 1. The molecule has 0 bridgehead atoms. The third-order valence-corrected chi connectivity index (χ3v) is 7.74. The molecule has 2 heterocycles. The van der Waals surface area contributed by atoms with Crippen LogP contribution in [0.25, 0.3) is 11.1 Å². The Bertz CT molecular complexity index is 1490. The minimum Gasteiger partial charge on any atom is -0.465 e. The van der Waals surface area contributed by atoms with Crippen molar-refractivity contribution < 1.29 is 33.0 Å². The monoisotopic (exact) mass is 534 g/mol. The van der Waals surface area contributed by atoms with E-state index in [1.165, 1.54) is 11.8 Å². The molecular weight excluding hydrogens is 506 g/mol. The van der Waals surface area contributed by atoms with E-state index in [0.29, 0.717) is 13.0 Å². The van der Waals surface area contributed by atoms with Gasteiger partial charge in [-0.05, 0) is 53.3 Å². The summed E-state index contributed by atoms with van der Waals surface area (Å²) in [6, 6.07) is 15.5. The largest absolute Gasteiger partial charge is 0.465 e. The first-order valence-electron chi connectivity index (χ1n) is 12.7. The predicted octanol–water partition coefficient (Wildman–Crippen LogP) is 5.15. The second-order valence-electron chi connectivity index (χ2n) is 10.1. The first-order chi connectivity index (χ1) is 18.6. The van der Waals surface area contributed by atoms with Gasteiger partial charge in [-0.2, -0.15) is 0 Å². The van der Waals surface area contributed by atoms with Crippen molar-refractivity contribution in [1.29, 1.82) is 0 Å². The maximum atomic E-state index is 14.4. The van der Waals surface area contributed by atoms with Gasteiger partial charge < -0.3 is 20.1 Å². The molecule has 1 fully saturated rings. The second kappa shape index (κ2) is 10.1. The molecule has 2 amide bonds. The highest BCUT2D eigenvalue weighted by atomic mass is 19.2. The van der Waals surface area contributed by atoms with Crippen LogP contribution in [0.5, 0.6) is 0 Å². The van der Waals surface area contributed by atoms with Gasteiger partial charge in [0.25, 0.3) is 0 Å². The number of hydrogen-bond acceptors (Lipinski definition) is 4. The number of carboxylic acid groups (broad SMARTS) is 1. The molecule has 39 heavy (non-hydrogen) atoms. The molecule has 2 N–H and O–H groups in total. The molecule has 2 aliphatic rings. The van der Waals surface area contributed by atoms with Gasteiger partial charge in [0.2, 0.25) is 5.91 Å². The van der Waals surface area contributed by atoms with Crippen LogP contribution in [-0.4, -0.2) is 47.6 Å². The molecule has 1 spiro atoms. The smallest absolute Gasteiger partial charge is 0.407 e. The summed E-state index contributed by atoms with van der Waals surface area (Å²) >= 11 is 0. The Balaban J connectivity index is 1.56. The zero-order valence-corrected chi connectivity index (χ0v) is 21.6. The van der Waals surface area contributed by atoms with Crippen molar-refractivity contribution in [2.75, 3.05) is 19.6 Å². The third-order valence-electron chi connectivity index (χ3n) is 7.74. The number of esters is 1. The summed E-state index contributed by atoms with van der Waals surface area (Å²) in [5, 5.41) is 12.6. The van der Waals surface area contributed by atoms with Crippen LogP contribution in [0.15, 0.2) is 54.6 Å². The summed E-state index contributed by atoms with van der Waals surface area (Å²) in [4.78, 5) is 37.3. The highest BCUT2D eigenvalue weighted by molar-refractivity contribution is 5.95. The van der Waals surface area contributed by atoms with Crippen LogP contribution in [0.1, 0.15) is 51.9 Å². The highest BCUT2D eigenvalue weighted by Crippen LogP contribution is 2.52. The van der Waals surface area contributed by atoms with Gasteiger partial charge in [-0.3, -0.25) is 4.79 Å². The Labute approximate surface area is 224 Å². The van der Waals surface area contributed by atoms with E-state index < -0.39 is 35.2 Å². The van der Waals surface area contributed by atoms with E-state index in [1.54, 1.807) is 0 Å². The maximum Gasteiger partial charge on any atom is 0.407 e. The summed E-state index contributed by atoms with van der Waals surface area (Å²) in [6.07, 6.45) is -0.349. The van der Waals surface area contributed by atoms with Crippen LogP contribution in [0, 0.1) is 18.6 Å². The Hall–Kier alpha value is -4.27. The fraction of sp³-hybridized carbons (Fsp3) is 0.300. The topological polar surface area (TPSA) is 95.9 Å². The molecule has 202 valence electrons. The van der Waals surface area contributed by atoms with Crippen LogP contribution in [0.2, 0.25) is 0 Å². The van der Waals surface area contributed by atoms with Crippen molar-refractivity contribution in [3.05, 3.63) is 94.0 Å². The van der Waals surface area contributed by atoms with E-state index >= 15 is 0 Å². The molecule has 3 aromatic carbocycles. The lowest BCUT2D eigenvalue weighted by atomic mass is 9.71. The Morgan fingerprint density at radius 2 is 1.85 bits per heavy atom. The summed E-state index contributed by atoms with van der Waals surface area (Å²) in [5.41, 5.74) is 3.47. The van der Waals surface area contributed by atoms with Gasteiger partial charge in [0, 0.05) is 44.5 Å². The molecule has 0 aromatic heterocycles. The number of benzene rings is 3. The molecule has 7 nitrogen and oxygen atoms in total. The number of carbonyl (C=O) groups is 3. The van der Waals surface area contributed by atoms with Gasteiger partial charge in [-0.1, -0.05) is 42.5 Å². The number of likely N-dealkylation sites (tertiary alicyclic amines) is 1. The Kier molecular flexibility index (Phi) is 6.84. The van der Waals surface area contributed by atoms with Crippen LogP contribution in [0.4, 0.5) is 13.6 Å². The quantitative estimate of drug-likeness (QED) is 0.442. The molecular formula is C30H28F2N2O5. The lowest BCUT2D eigenvalue weighted by Crippen LogP contribution is -2.50. The van der Waals surface area contributed by atoms with Crippen molar-refractivity contribution in [3.8, 4) is 11.1 Å². The van der Waals surface area contributed by atoms with Gasteiger partial charge in [-0.15, -0.1) is 0 Å². The first-order valence-corrected chi connectivity index (χ1v) is 12.7. The average Bonchev–Trinajstić information content (AvgIpc) is 3.15. The zero-order valence-electron chi connectivity index (χ0n) is 21.6. The van der Waals surface area contributed by atoms with E-state index in [4.69, 9.17) is 4.74 Å². The van der Waals surface area contributed by atoms with Gasteiger partial charge in [0.1, 0.15) is 5.60 Å². The highest BCUT2D eigenvalue weighted by Gasteiger charge is 2.55. The first kappa shape index (κ1) is 26.3. The summed E-state index contributed by atoms with van der Waals surface area (Å²) in [7, 11) is 0. The fourth-order valence-corrected chi connectivity index (χ4v) is 5.87. The molecule has 0 saturated carbocycles. The van der Waals surface area contributed by atoms with Gasteiger partial charge in [-0.25, -0.2) is 18.4 Å². The van der Waals surface area contributed by atoms with Gasteiger partial charge in [0.05, 0.1) is 5.56 Å². The van der Waals surface area contributed by atoms with Crippen LogP contribution in [-0.2, 0) is 21.6 Å². The summed E-state index contributed by atoms with van der Waals surface area (Å²) < 4.78 is 34.3. The lowest BCUT2D eigenvalue weighted by Gasteiger charge is -2.44. The SMILES string of the molecule is CC(=O)NCCc1ccccc1-c1ccc([C@H]2CN(C(=O)O)CC[C@@]23OC(=O)c2cc(F)c(F)cc23)c(C)c1. The van der Waals surface area contributed by atoms with Crippen molar-refractivity contribution in [1.82, 2.24) is 10.2 Å². The molecule has 0 unspecified atom stereocenters. The van der Waals surface area contributed by atoms with Gasteiger partial charge >= 0.3 is 12.1 Å². The van der Waals surface area contributed by atoms with Gasteiger partial charge in [0.15, 0.2) is 11.6 Å². The maximum absolute atomic E-state index is 14.4. The number of aryl methyl sites for hydroxylation is 1. The Morgan fingerprint density at radius 1 is 1.10 bits per heavy atom. The van der Waals surface area contributed by atoms with Crippen LogP contribution >= 0.6 is 0 Å². The molecule has 0 radical (unpaired) electrons. The molecule has 3 aromatic rings. The Morgan fingerprint density at radius 3 is 2.56 bits per heavy atom. The normalized spacial score (nSPS) is 20.1. The van der Waals surface area contributed by atoms with Crippen molar-refractivity contribution in [2.24, 2.45) is 0 Å². The van der Waals surface area contributed by atoms with E-state index in [-0.39, 0.29) is 36.5 Å². The summed E-state index contributed by atoms with van der Waals surface area (Å²) in [5.74, 6) is -3.71. The van der Waals surface area contributed by atoms with Crippen molar-refractivity contribution >= 4 is 18.0 Å². The molecule has 0 aliphatic carbocycles. The zero-order chi connectivity index (χ0) is 27.9. The number of fused-ring (bicyclic) bond motifs is 2. The fourth-order valence-electron chi connectivity index (χ4n) is 5.87.